The van der Waals surface area contributed by atoms with Crippen molar-refractivity contribution in [3.63, 3.8) is 0 Å². The van der Waals surface area contributed by atoms with Gasteiger partial charge in [-0.25, -0.2) is 0 Å². The van der Waals surface area contributed by atoms with Crippen molar-refractivity contribution in [1.82, 2.24) is 10.2 Å². The van der Waals surface area contributed by atoms with Crippen molar-refractivity contribution in [3.05, 3.63) is 0 Å². The van der Waals surface area contributed by atoms with Crippen molar-refractivity contribution >= 4 is 0 Å². The lowest BCUT2D eigenvalue weighted by atomic mass is 10.0. The molecule has 0 amide bonds. The van der Waals surface area contributed by atoms with Gasteiger partial charge in [-0.15, -0.1) is 0 Å². The summed E-state index contributed by atoms with van der Waals surface area (Å²) >= 11 is 0. The summed E-state index contributed by atoms with van der Waals surface area (Å²) in [6, 6.07) is 0. The van der Waals surface area contributed by atoms with Crippen molar-refractivity contribution < 1.29 is 0 Å². The summed E-state index contributed by atoms with van der Waals surface area (Å²) in [7, 11) is 4.26. The summed E-state index contributed by atoms with van der Waals surface area (Å²) in [6.45, 7) is 13.1. The SMILES string of the molecule is CN(C)CCCNCC1C(C)(C)C1(C)C. The van der Waals surface area contributed by atoms with Crippen molar-refractivity contribution in [2.75, 3.05) is 33.7 Å². The Morgan fingerprint density at radius 3 is 2.00 bits per heavy atom. The first-order valence-corrected chi connectivity index (χ1v) is 6.15. The summed E-state index contributed by atoms with van der Waals surface area (Å²) in [5.41, 5.74) is 1.06. The zero-order valence-corrected chi connectivity index (χ0v) is 11.4. The Labute approximate surface area is 95.4 Å². The molecule has 0 radical (unpaired) electrons. The number of rotatable bonds is 6. The van der Waals surface area contributed by atoms with E-state index in [2.05, 4.69) is 52.0 Å². The molecule has 0 aromatic carbocycles. The molecule has 0 aromatic rings. The van der Waals surface area contributed by atoms with Crippen molar-refractivity contribution in [2.24, 2.45) is 16.7 Å². The van der Waals surface area contributed by atoms with Crippen molar-refractivity contribution in [3.8, 4) is 0 Å². The molecule has 1 N–H and O–H groups in total. The predicted molar refractivity (Wildman–Crippen MR) is 67.1 cm³/mol. The monoisotopic (exact) mass is 212 g/mol. The van der Waals surface area contributed by atoms with Gasteiger partial charge >= 0.3 is 0 Å². The Morgan fingerprint density at radius 1 is 1.07 bits per heavy atom. The number of hydrogen-bond acceptors (Lipinski definition) is 2. The second-order valence-electron chi connectivity index (χ2n) is 6.36. The molecule has 0 unspecified atom stereocenters. The lowest BCUT2D eigenvalue weighted by Crippen LogP contribution is -2.24. The Balaban J connectivity index is 2.08. The van der Waals surface area contributed by atoms with E-state index in [1.807, 2.05) is 0 Å². The third-order valence-electron chi connectivity index (χ3n) is 4.63. The van der Waals surface area contributed by atoms with Crippen LogP contribution in [-0.2, 0) is 0 Å². The minimum absolute atomic E-state index is 0.529. The van der Waals surface area contributed by atoms with Crippen LogP contribution in [0.4, 0.5) is 0 Å². The quantitative estimate of drug-likeness (QED) is 0.679. The van der Waals surface area contributed by atoms with Gasteiger partial charge in [0.25, 0.3) is 0 Å². The van der Waals surface area contributed by atoms with Crippen LogP contribution in [0.2, 0.25) is 0 Å². The van der Waals surface area contributed by atoms with Gasteiger partial charge in [0.15, 0.2) is 0 Å². The van der Waals surface area contributed by atoms with Crippen LogP contribution in [0.3, 0.4) is 0 Å². The third kappa shape index (κ3) is 2.73. The number of nitrogens with zero attached hydrogens (tertiary/aromatic N) is 1. The highest BCUT2D eigenvalue weighted by molar-refractivity contribution is 5.12. The summed E-state index contributed by atoms with van der Waals surface area (Å²) in [5, 5.41) is 3.59. The van der Waals surface area contributed by atoms with E-state index in [9.17, 15) is 0 Å². The van der Waals surface area contributed by atoms with E-state index < -0.39 is 0 Å². The first-order valence-electron chi connectivity index (χ1n) is 6.15. The van der Waals surface area contributed by atoms with Crippen LogP contribution < -0.4 is 5.32 Å². The van der Waals surface area contributed by atoms with Gasteiger partial charge in [-0.3, -0.25) is 0 Å². The summed E-state index contributed by atoms with van der Waals surface area (Å²) in [6.07, 6.45) is 1.25. The van der Waals surface area contributed by atoms with E-state index in [-0.39, 0.29) is 0 Å². The summed E-state index contributed by atoms with van der Waals surface area (Å²) in [4.78, 5) is 2.24. The summed E-state index contributed by atoms with van der Waals surface area (Å²) in [5.74, 6) is 0.851. The number of hydrogen-bond donors (Lipinski definition) is 1. The molecule has 0 aliphatic heterocycles. The zero-order chi connectivity index (χ0) is 11.7. The van der Waals surface area contributed by atoms with Gasteiger partial charge in [-0.2, -0.15) is 0 Å². The number of nitrogens with one attached hydrogen (secondary N) is 1. The standard InChI is InChI=1S/C13H28N2/c1-12(2)11(13(12,3)4)10-14-8-7-9-15(5)6/h11,14H,7-10H2,1-6H3. The first-order chi connectivity index (χ1) is 6.80. The van der Waals surface area contributed by atoms with Gasteiger partial charge in [0.2, 0.25) is 0 Å². The van der Waals surface area contributed by atoms with Crippen LogP contribution in [0.5, 0.6) is 0 Å². The Hall–Kier alpha value is -0.0800. The molecule has 1 fully saturated rings. The second kappa shape index (κ2) is 4.42. The van der Waals surface area contributed by atoms with E-state index in [0.717, 1.165) is 12.5 Å². The minimum atomic E-state index is 0.529. The molecule has 1 saturated carbocycles. The van der Waals surface area contributed by atoms with Crippen LogP contribution in [0.1, 0.15) is 34.1 Å². The average molecular weight is 212 g/mol. The molecule has 2 nitrogen and oxygen atoms in total. The molecular weight excluding hydrogens is 184 g/mol. The van der Waals surface area contributed by atoms with E-state index in [4.69, 9.17) is 0 Å². The topological polar surface area (TPSA) is 15.3 Å². The van der Waals surface area contributed by atoms with E-state index >= 15 is 0 Å². The highest BCUT2D eigenvalue weighted by atomic mass is 15.1. The maximum atomic E-state index is 3.59. The van der Waals surface area contributed by atoms with E-state index in [0.29, 0.717) is 10.8 Å². The highest BCUT2D eigenvalue weighted by Gasteiger charge is 2.63. The van der Waals surface area contributed by atoms with E-state index in [1.165, 1.54) is 19.5 Å². The van der Waals surface area contributed by atoms with Gasteiger partial charge in [0.05, 0.1) is 0 Å². The van der Waals surface area contributed by atoms with Crippen LogP contribution in [0.25, 0.3) is 0 Å². The molecule has 0 heterocycles. The minimum Gasteiger partial charge on any atom is -0.316 e. The predicted octanol–water partition coefficient (Wildman–Crippen LogP) is 2.21. The first kappa shape index (κ1) is 13.0. The van der Waals surface area contributed by atoms with Crippen LogP contribution in [0.15, 0.2) is 0 Å². The Kier molecular flexibility index (Phi) is 3.83. The van der Waals surface area contributed by atoms with Gasteiger partial charge in [0.1, 0.15) is 0 Å². The molecule has 0 saturated heterocycles. The van der Waals surface area contributed by atoms with Crippen molar-refractivity contribution in [1.29, 1.82) is 0 Å². The fraction of sp³-hybridized carbons (Fsp3) is 1.00. The van der Waals surface area contributed by atoms with Crippen molar-refractivity contribution in [2.45, 2.75) is 34.1 Å². The van der Waals surface area contributed by atoms with Crippen LogP contribution in [-0.4, -0.2) is 38.6 Å². The zero-order valence-electron chi connectivity index (χ0n) is 11.4. The smallest absolute Gasteiger partial charge is 0.000988 e. The molecule has 90 valence electrons. The molecule has 2 heteroatoms. The molecular formula is C13H28N2. The third-order valence-corrected chi connectivity index (χ3v) is 4.63. The molecule has 1 rings (SSSR count). The maximum Gasteiger partial charge on any atom is -0.000988 e. The molecule has 1 aliphatic rings. The Bertz CT molecular complexity index is 193. The molecule has 0 bridgehead atoms. The van der Waals surface area contributed by atoms with Gasteiger partial charge in [0, 0.05) is 0 Å². The van der Waals surface area contributed by atoms with Gasteiger partial charge in [-0.05, 0) is 56.9 Å². The second-order valence-corrected chi connectivity index (χ2v) is 6.36. The highest BCUT2D eigenvalue weighted by Crippen LogP contribution is 2.67. The van der Waals surface area contributed by atoms with Gasteiger partial charge < -0.3 is 10.2 Å². The largest absolute Gasteiger partial charge is 0.316 e. The fourth-order valence-corrected chi connectivity index (χ4v) is 2.61. The normalized spacial score (nSPS) is 23.4. The van der Waals surface area contributed by atoms with Crippen LogP contribution in [0, 0.1) is 16.7 Å². The average Bonchev–Trinajstić information content (AvgIpc) is 2.45. The van der Waals surface area contributed by atoms with E-state index in [1.54, 1.807) is 0 Å². The van der Waals surface area contributed by atoms with Crippen LogP contribution >= 0.6 is 0 Å². The summed E-state index contributed by atoms with van der Waals surface area (Å²) < 4.78 is 0. The Morgan fingerprint density at radius 2 is 1.60 bits per heavy atom. The molecule has 15 heavy (non-hydrogen) atoms. The van der Waals surface area contributed by atoms with Gasteiger partial charge in [-0.1, -0.05) is 27.7 Å². The maximum absolute atomic E-state index is 3.59. The fourth-order valence-electron chi connectivity index (χ4n) is 2.61. The lowest BCUT2D eigenvalue weighted by molar-refractivity contribution is 0.391. The molecule has 0 atom stereocenters. The lowest BCUT2D eigenvalue weighted by Gasteiger charge is -2.10. The molecule has 0 aromatic heterocycles. The molecule has 0 spiro atoms. The molecule has 1 aliphatic carbocycles.